The smallest absolute Gasteiger partial charge is 0.284 e. The normalized spacial score (nSPS) is 22.9. The summed E-state index contributed by atoms with van der Waals surface area (Å²) in [5.74, 6) is -0.0671. The van der Waals surface area contributed by atoms with Crippen molar-refractivity contribution in [3.63, 3.8) is 0 Å². The molecule has 7 heteroatoms. The third-order valence-corrected chi connectivity index (χ3v) is 5.51. The minimum absolute atomic E-state index is 0.00785. The van der Waals surface area contributed by atoms with Crippen molar-refractivity contribution >= 4 is 11.8 Å². The van der Waals surface area contributed by atoms with Gasteiger partial charge in [-0.3, -0.25) is 14.5 Å². The molecule has 2 atom stereocenters. The fraction of sp³-hybridized carbons (Fsp3) is 0.429. The van der Waals surface area contributed by atoms with Gasteiger partial charge >= 0.3 is 0 Å². The molecule has 0 saturated carbocycles. The maximum Gasteiger partial charge on any atom is 0.284 e. The van der Waals surface area contributed by atoms with Crippen LogP contribution in [-0.2, 0) is 4.74 Å². The molecule has 4 rings (SSSR count). The second kappa shape index (κ2) is 8.16. The first-order valence-electron chi connectivity index (χ1n) is 9.74. The van der Waals surface area contributed by atoms with Crippen molar-refractivity contribution in [1.82, 2.24) is 10.2 Å². The average Bonchev–Trinajstić information content (AvgIpc) is 3.39. The second-order valence-electron chi connectivity index (χ2n) is 7.39. The van der Waals surface area contributed by atoms with Gasteiger partial charge in [-0.2, -0.15) is 0 Å². The zero-order valence-corrected chi connectivity index (χ0v) is 15.7. The third kappa shape index (κ3) is 3.95. The molecular formula is C21H25N3O4. The Kier molecular flexibility index (Phi) is 5.45. The molecule has 2 fully saturated rings. The monoisotopic (exact) mass is 383 g/mol. The van der Waals surface area contributed by atoms with E-state index in [1.165, 1.54) is 19.3 Å². The quantitative estimate of drug-likeness (QED) is 0.823. The number of piperidine rings is 1. The van der Waals surface area contributed by atoms with E-state index in [2.05, 4.69) is 10.2 Å². The lowest BCUT2D eigenvalue weighted by Gasteiger charge is -2.34. The number of benzene rings is 1. The molecule has 0 aliphatic carbocycles. The molecule has 28 heavy (non-hydrogen) atoms. The van der Waals surface area contributed by atoms with E-state index in [9.17, 15) is 9.59 Å². The third-order valence-electron chi connectivity index (χ3n) is 5.51. The van der Waals surface area contributed by atoms with E-state index < -0.39 is 5.91 Å². The van der Waals surface area contributed by atoms with Gasteiger partial charge in [0.25, 0.3) is 11.8 Å². The van der Waals surface area contributed by atoms with Crippen LogP contribution in [0.5, 0.6) is 0 Å². The number of hydrogen-bond acceptors (Lipinski definition) is 5. The van der Waals surface area contributed by atoms with Gasteiger partial charge in [-0.25, -0.2) is 0 Å². The van der Waals surface area contributed by atoms with Crippen LogP contribution >= 0.6 is 0 Å². The number of nitrogens with one attached hydrogen (secondary N) is 1. The van der Waals surface area contributed by atoms with Crippen molar-refractivity contribution in [3.8, 4) is 11.3 Å². The summed E-state index contributed by atoms with van der Waals surface area (Å²) in [7, 11) is 0. The fourth-order valence-electron chi connectivity index (χ4n) is 3.95. The number of rotatable bonds is 5. The van der Waals surface area contributed by atoms with Crippen molar-refractivity contribution in [2.24, 2.45) is 5.73 Å². The number of carbonyl (C=O) groups excluding carboxylic acids is 2. The molecule has 1 aromatic heterocycles. The number of amides is 2. The van der Waals surface area contributed by atoms with Crippen molar-refractivity contribution in [2.45, 2.75) is 31.3 Å². The number of nitrogens with two attached hydrogens (primary N) is 1. The Morgan fingerprint density at radius 2 is 1.75 bits per heavy atom. The van der Waals surface area contributed by atoms with Crippen LogP contribution in [0.15, 0.2) is 40.8 Å². The standard InChI is InChI=1S/C21H25N3O4/c22-20(25)19-9-8-18(28-19)14-4-6-15(7-5-14)21(26)23-16-12-27-13-17(16)24-10-2-1-3-11-24/h4-9,16-17H,1-3,10-13H2,(H2,22,25)(H,23,26). The number of hydrogen-bond donors (Lipinski definition) is 2. The lowest BCUT2D eigenvalue weighted by molar-refractivity contribution is 0.0899. The summed E-state index contributed by atoms with van der Waals surface area (Å²) >= 11 is 0. The van der Waals surface area contributed by atoms with E-state index in [0.717, 1.165) is 18.7 Å². The minimum Gasteiger partial charge on any atom is -0.451 e. The summed E-state index contributed by atoms with van der Waals surface area (Å²) in [5, 5.41) is 3.13. The Hall–Kier alpha value is -2.64. The maximum absolute atomic E-state index is 12.7. The van der Waals surface area contributed by atoms with Crippen LogP contribution in [0.4, 0.5) is 0 Å². The van der Waals surface area contributed by atoms with Gasteiger partial charge in [0.1, 0.15) is 5.76 Å². The molecule has 2 saturated heterocycles. The van der Waals surface area contributed by atoms with Gasteiger partial charge in [0, 0.05) is 11.1 Å². The zero-order valence-electron chi connectivity index (χ0n) is 15.7. The average molecular weight is 383 g/mol. The highest BCUT2D eigenvalue weighted by atomic mass is 16.5. The molecule has 2 amide bonds. The SMILES string of the molecule is NC(=O)c1ccc(-c2ccc(C(=O)NC3COCC3N3CCCCC3)cc2)o1. The van der Waals surface area contributed by atoms with E-state index in [-0.39, 0.29) is 23.8 Å². The predicted molar refractivity (Wildman–Crippen MR) is 104 cm³/mol. The molecule has 0 spiro atoms. The lowest BCUT2D eigenvalue weighted by atomic mass is 10.0. The molecular weight excluding hydrogens is 358 g/mol. The predicted octanol–water partition coefficient (Wildman–Crippen LogP) is 2.03. The van der Waals surface area contributed by atoms with Gasteiger partial charge < -0.3 is 20.2 Å². The Balaban J connectivity index is 1.41. The Bertz CT molecular complexity index is 840. The molecule has 1 aromatic carbocycles. The Labute approximate surface area is 163 Å². The molecule has 2 aliphatic heterocycles. The van der Waals surface area contributed by atoms with Gasteiger partial charge in [0.2, 0.25) is 0 Å². The summed E-state index contributed by atoms with van der Waals surface area (Å²) in [6, 6.07) is 10.6. The highest BCUT2D eigenvalue weighted by molar-refractivity contribution is 5.95. The summed E-state index contributed by atoms with van der Waals surface area (Å²) in [6.07, 6.45) is 3.70. The van der Waals surface area contributed by atoms with Gasteiger partial charge in [-0.1, -0.05) is 18.6 Å². The van der Waals surface area contributed by atoms with Crippen LogP contribution in [0, 0.1) is 0 Å². The molecule has 0 bridgehead atoms. The number of furan rings is 1. The molecule has 7 nitrogen and oxygen atoms in total. The first kappa shape index (κ1) is 18.7. The summed E-state index contributed by atoms with van der Waals surface area (Å²) in [4.78, 5) is 26.3. The summed E-state index contributed by atoms with van der Waals surface area (Å²) in [5.41, 5.74) is 6.57. The fourth-order valence-corrected chi connectivity index (χ4v) is 3.95. The molecule has 2 aliphatic rings. The van der Waals surface area contributed by atoms with Crippen molar-refractivity contribution in [1.29, 1.82) is 0 Å². The first-order valence-corrected chi connectivity index (χ1v) is 9.74. The van der Waals surface area contributed by atoms with Crippen LogP contribution in [0.1, 0.15) is 40.2 Å². The van der Waals surface area contributed by atoms with Crippen LogP contribution in [0.2, 0.25) is 0 Å². The van der Waals surface area contributed by atoms with Crippen LogP contribution in [0.25, 0.3) is 11.3 Å². The van der Waals surface area contributed by atoms with E-state index >= 15 is 0 Å². The largest absolute Gasteiger partial charge is 0.451 e. The van der Waals surface area contributed by atoms with Crippen molar-refractivity contribution < 1.29 is 18.7 Å². The molecule has 3 N–H and O–H groups in total. The van der Waals surface area contributed by atoms with E-state index in [1.54, 1.807) is 36.4 Å². The number of likely N-dealkylation sites (tertiary alicyclic amines) is 1. The number of ether oxygens (including phenoxy) is 1. The van der Waals surface area contributed by atoms with Gasteiger partial charge in [-0.05, 0) is 50.2 Å². The summed E-state index contributed by atoms with van der Waals surface area (Å²) in [6.45, 7) is 3.37. The van der Waals surface area contributed by atoms with Crippen molar-refractivity contribution in [2.75, 3.05) is 26.3 Å². The van der Waals surface area contributed by atoms with Crippen LogP contribution in [-0.4, -0.2) is 55.1 Å². The zero-order chi connectivity index (χ0) is 19.5. The molecule has 148 valence electrons. The van der Waals surface area contributed by atoms with Gasteiger partial charge in [-0.15, -0.1) is 0 Å². The second-order valence-corrected chi connectivity index (χ2v) is 7.39. The van der Waals surface area contributed by atoms with E-state index in [1.807, 2.05) is 0 Å². The number of nitrogens with zero attached hydrogens (tertiary/aromatic N) is 1. The Morgan fingerprint density at radius 1 is 1.00 bits per heavy atom. The topological polar surface area (TPSA) is 97.8 Å². The minimum atomic E-state index is -0.607. The van der Waals surface area contributed by atoms with Crippen molar-refractivity contribution in [3.05, 3.63) is 47.7 Å². The molecule has 2 aromatic rings. The summed E-state index contributed by atoms with van der Waals surface area (Å²) < 4.78 is 11.1. The highest BCUT2D eigenvalue weighted by Gasteiger charge is 2.34. The van der Waals surface area contributed by atoms with Gasteiger partial charge in [0.05, 0.1) is 25.3 Å². The van der Waals surface area contributed by atoms with Gasteiger partial charge in [0.15, 0.2) is 5.76 Å². The van der Waals surface area contributed by atoms with Crippen LogP contribution in [0.3, 0.4) is 0 Å². The number of carbonyl (C=O) groups is 2. The van der Waals surface area contributed by atoms with Crippen LogP contribution < -0.4 is 11.1 Å². The lowest BCUT2D eigenvalue weighted by Crippen LogP contribution is -2.52. The van der Waals surface area contributed by atoms with E-state index in [4.69, 9.17) is 14.9 Å². The maximum atomic E-state index is 12.7. The number of primary amides is 1. The Morgan fingerprint density at radius 3 is 2.43 bits per heavy atom. The molecule has 2 unspecified atom stereocenters. The van der Waals surface area contributed by atoms with E-state index in [0.29, 0.717) is 24.5 Å². The highest BCUT2D eigenvalue weighted by Crippen LogP contribution is 2.23. The molecule has 0 radical (unpaired) electrons. The first-order chi connectivity index (χ1) is 13.6. The molecule has 3 heterocycles.